The predicted octanol–water partition coefficient (Wildman–Crippen LogP) is 1.04. The summed E-state index contributed by atoms with van der Waals surface area (Å²) in [6.07, 6.45) is 2.90. The van der Waals surface area contributed by atoms with E-state index in [4.69, 9.17) is 0 Å². The first kappa shape index (κ1) is 10.2. The molecule has 74 valence electrons. The van der Waals surface area contributed by atoms with Crippen molar-refractivity contribution in [3.05, 3.63) is 17.5 Å². The van der Waals surface area contributed by atoms with Crippen molar-refractivity contribution in [1.82, 2.24) is 15.1 Å². The van der Waals surface area contributed by atoms with Gasteiger partial charge in [0.05, 0.1) is 5.69 Å². The average molecular weight is 185 g/mol. The standard InChI is InChI=1S/C9H16FN3/c1-3-9-8(6-11-5-4-10)7-13(2)12-9/h7,11H,3-6H2,1-2H3. The summed E-state index contributed by atoms with van der Waals surface area (Å²) in [4.78, 5) is 0. The topological polar surface area (TPSA) is 29.9 Å². The Kier molecular flexibility index (Phi) is 3.89. The minimum atomic E-state index is -0.318. The quantitative estimate of drug-likeness (QED) is 0.695. The summed E-state index contributed by atoms with van der Waals surface area (Å²) in [5, 5.41) is 7.30. The van der Waals surface area contributed by atoms with Crippen molar-refractivity contribution in [2.45, 2.75) is 19.9 Å². The Bertz CT molecular complexity index is 257. The van der Waals surface area contributed by atoms with E-state index in [-0.39, 0.29) is 6.67 Å². The van der Waals surface area contributed by atoms with E-state index in [9.17, 15) is 4.39 Å². The lowest BCUT2D eigenvalue weighted by molar-refractivity contribution is 0.466. The molecule has 1 aromatic rings. The van der Waals surface area contributed by atoms with Gasteiger partial charge in [-0.05, 0) is 6.42 Å². The molecule has 1 heterocycles. The molecule has 4 heteroatoms. The van der Waals surface area contributed by atoms with Gasteiger partial charge in [0.1, 0.15) is 6.67 Å². The largest absolute Gasteiger partial charge is 0.310 e. The first-order valence-electron chi connectivity index (χ1n) is 4.56. The van der Waals surface area contributed by atoms with Crippen molar-refractivity contribution in [1.29, 1.82) is 0 Å². The number of hydrogen-bond acceptors (Lipinski definition) is 2. The summed E-state index contributed by atoms with van der Waals surface area (Å²) in [5.41, 5.74) is 2.26. The van der Waals surface area contributed by atoms with Gasteiger partial charge in [0.15, 0.2) is 0 Å². The normalized spacial score (nSPS) is 10.7. The number of aryl methyl sites for hydroxylation is 2. The van der Waals surface area contributed by atoms with Gasteiger partial charge in [0.25, 0.3) is 0 Å². The smallest absolute Gasteiger partial charge is 0.102 e. The Morgan fingerprint density at radius 1 is 1.62 bits per heavy atom. The van der Waals surface area contributed by atoms with E-state index < -0.39 is 0 Å². The Morgan fingerprint density at radius 3 is 3.00 bits per heavy atom. The molecule has 0 amide bonds. The van der Waals surface area contributed by atoms with E-state index in [0.29, 0.717) is 13.1 Å². The maximum absolute atomic E-state index is 11.8. The fourth-order valence-electron chi connectivity index (χ4n) is 1.32. The molecule has 0 radical (unpaired) electrons. The third-order valence-electron chi connectivity index (χ3n) is 1.91. The molecular weight excluding hydrogens is 169 g/mol. The first-order chi connectivity index (χ1) is 6.27. The third kappa shape index (κ3) is 2.81. The second-order valence-corrected chi connectivity index (χ2v) is 2.99. The molecule has 0 fully saturated rings. The van der Waals surface area contributed by atoms with Gasteiger partial charge in [-0.1, -0.05) is 6.92 Å². The minimum Gasteiger partial charge on any atom is -0.310 e. The molecular formula is C9H16FN3. The summed E-state index contributed by atoms with van der Waals surface area (Å²) in [5.74, 6) is 0. The third-order valence-corrected chi connectivity index (χ3v) is 1.91. The molecule has 0 spiro atoms. The van der Waals surface area contributed by atoms with Crippen LogP contribution in [-0.2, 0) is 20.0 Å². The number of aromatic nitrogens is 2. The van der Waals surface area contributed by atoms with Gasteiger partial charge >= 0.3 is 0 Å². The molecule has 0 aromatic carbocycles. The van der Waals surface area contributed by atoms with Crippen LogP contribution in [-0.4, -0.2) is 23.0 Å². The lowest BCUT2D eigenvalue weighted by Gasteiger charge is -2.00. The van der Waals surface area contributed by atoms with Crippen LogP contribution in [0.2, 0.25) is 0 Å². The molecule has 0 unspecified atom stereocenters. The van der Waals surface area contributed by atoms with Crippen LogP contribution < -0.4 is 5.32 Å². The Hall–Kier alpha value is -0.900. The van der Waals surface area contributed by atoms with Crippen LogP contribution in [0, 0.1) is 0 Å². The van der Waals surface area contributed by atoms with E-state index >= 15 is 0 Å². The van der Waals surface area contributed by atoms with Crippen molar-refractivity contribution >= 4 is 0 Å². The number of nitrogens with one attached hydrogen (secondary N) is 1. The van der Waals surface area contributed by atoms with E-state index in [0.717, 1.165) is 12.1 Å². The molecule has 0 aliphatic carbocycles. The van der Waals surface area contributed by atoms with Crippen LogP contribution in [0.1, 0.15) is 18.2 Å². The number of halogens is 1. The van der Waals surface area contributed by atoms with Crippen LogP contribution in [0.5, 0.6) is 0 Å². The monoisotopic (exact) mass is 185 g/mol. The van der Waals surface area contributed by atoms with Gasteiger partial charge in [-0.15, -0.1) is 0 Å². The van der Waals surface area contributed by atoms with Crippen molar-refractivity contribution in [3.63, 3.8) is 0 Å². The lowest BCUT2D eigenvalue weighted by atomic mass is 10.2. The summed E-state index contributed by atoms with van der Waals surface area (Å²) in [7, 11) is 1.90. The molecule has 13 heavy (non-hydrogen) atoms. The molecule has 0 saturated carbocycles. The number of rotatable bonds is 5. The fraction of sp³-hybridized carbons (Fsp3) is 0.667. The Balaban J connectivity index is 2.53. The highest BCUT2D eigenvalue weighted by Gasteiger charge is 2.04. The van der Waals surface area contributed by atoms with Gasteiger partial charge < -0.3 is 5.32 Å². The van der Waals surface area contributed by atoms with Crippen molar-refractivity contribution in [2.24, 2.45) is 7.05 Å². The molecule has 1 N–H and O–H groups in total. The average Bonchev–Trinajstić information content (AvgIpc) is 2.47. The van der Waals surface area contributed by atoms with E-state index in [2.05, 4.69) is 17.3 Å². The van der Waals surface area contributed by atoms with Crippen LogP contribution in [0.25, 0.3) is 0 Å². The van der Waals surface area contributed by atoms with Crippen LogP contribution in [0.15, 0.2) is 6.20 Å². The zero-order valence-electron chi connectivity index (χ0n) is 8.18. The minimum absolute atomic E-state index is 0.318. The molecule has 0 bridgehead atoms. The zero-order valence-corrected chi connectivity index (χ0v) is 8.18. The molecule has 0 aliphatic rings. The molecule has 0 atom stereocenters. The highest BCUT2D eigenvalue weighted by Crippen LogP contribution is 2.06. The molecule has 3 nitrogen and oxygen atoms in total. The van der Waals surface area contributed by atoms with Crippen molar-refractivity contribution in [3.8, 4) is 0 Å². The van der Waals surface area contributed by atoms with Gasteiger partial charge in [0, 0.05) is 31.9 Å². The Morgan fingerprint density at radius 2 is 2.38 bits per heavy atom. The van der Waals surface area contributed by atoms with E-state index in [1.807, 2.05) is 13.2 Å². The zero-order chi connectivity index (χ0) is 9.68. The van der Waals surface area contributed by atoms with Crippen molar-refractivity contribution < 1.29 is 4.39 Å². The number of alkyl halides is 1. The van der Waals surface area contributed by atoms with E-state index in [1.165, 1.54) is 5.56 Å². The number of hydrogen-bond donors (Lipinski definition) is 1. The van der Waals surface area contributed by atoms with Gasteiger partial charge in [-0.3, -0.25) is 4.68 Å². The van der Waals surface area contributed by atoms with Crippen LogP contribution >= 0.6 is 0 Å². The maximum atomic E-state index is 11.8. The Labute approximate surface area is 77.9 Å². The fourth-order valence-corrected chi connectivity index (χ4v) is 1.32. The van der Waals surface area contributed by atoms with Crippen LogP contribution in [0.3, 0.4) is 0 Å². The van der Waals surface area contributed by atoms with Crippen molar-refractivity contribution in [2.75, 3.05) is 13.2 Å². The predicted molar refractivity (Wildman–Crippen MR) is 50.3 cm³/mol. The second kappa shape index (κ2) is 4.97. The van der Waals surface area contributed by atoms with Crippen LogP contribution in [0.4, 0.5) is 4.39 Å². The summed E-state index contributed by atoms with van der Waals surface area (Å²) >= 11 is 0. The highest BCUT2D eigenvalue weighted by atomic mass is 19.1. The highest BCUT2D eigenvalue weighted by molar-refractivity contribution is 5.16. The summed E-state index contributed by atoms with van der Waals surface area (Å²) in [6, 6.07) is 0. The second-order valence-electron chi connectivity index (χ2n) is 2.99. The molecule has 0 saturated heterocycles. The number of nitrogens with zero attached hydrogens (tertiary/aromatic N) is 2. The first-order valence-corrected chi connectivity index (χ1v) is 4.56. The van der Waals surface area contributed by atoms with Gasteiger partial charge in [-0.25, -0.2) is 4.39 Å². The van der Waals surface area contributed by atoms with Gasteiger partial charge in [-0.2, -0.15) is 5.10 Å². The summed E-state index contributed by atoms with van der Waals surface area (Å²) in [6.45, 7) is 2.88. The molecule has 1 aromatic heterocycles. The SMILES string of the molecule is CCc1nn(C)cc1CNCCF. The lowest BCUT2D eigenvalue weighted by Crippen LogP contribution is -2.16. The maximum Gasteiger partial charge on any atom is 0.102 e. The summed E-state index contributed by atoms with van der Waals surface area (Å²) < 4.78 is 13.6. The van der Waals surface area contributed by atoms with Gasteiger partial charge in [0.2, 0.25) is 0 Å². The van der Waals surface area contributed by atoms with E-state index in [1.54, 1.807) is 4.68 Å². The molecule has 0 aliphatic heterocycles. The molecule has 1 rings (SSSR count).